The van der Waals surface area contributed by atoms with Gasteiger partial charge in [-0.05, 0) is 102 Å². The molecule has 3 aromatic carbocycles. The number of nitrogens with one attached hydrogen (secondary N) is 1. The van der Waals surface area contributed by atoms with Crippen LogP contribution in [0, 0.1) is 0 Å². The van der Waals surface area contributed by atoms with E-state index in [4.69, 9.17) is 10.5 Å². The minimum atomic E-state index is -0.423. The minimum absolute atomic E-state index is 0.0317. The summed E-state index contributed by atoms with van der Waals surface area (Å²) in [5.41, 5.74) is 12.0. The number of allylic oxidation sites excluding steroid dienone is 5. The molecule has 5 N–H and O–H groups in total. The highest BCUT2D eigenvalue weighted by Gasteiger charge is 2.22. The fraction of sp³-hybridized carbons (Fsp3) is 0.300. The highest BCUT2D eigenvalue weighted by atomic mass is 16.5. The SMILES string of the molecule is CCCCC/C=C/C(=O)CCc1ccc(O)c(OCCc2ccc(O)c([C@H](CC([O-])=C3C=CN=C3)c3ccc4c(c3)C=CN[C@H]4N)c2)c1. The third-order valence-corrected chi connectivity index (χ3v) is 8.73. The van der Waals surface area contributed by atoms with Gasteiger partial charge in [0.1, 0.15) is 11.9 Å². The maximum atomic E-state index is 13.3. The van der Waals surface area contributed by atoms with Gasteiger partial charge in [-0.15, -0.1) is 5.76 Å². The molecule has 2 aliphatic heterocycles. The Bertz CT molecular complexity index is 1740. The van der Waals surface area contributed by atoms with Crippen molar-refractivity contribution in [3.63, 3.8) is 0 Å². The lowest BCUT2D eigenvalue weighted by atomic mass is 9.83. The Morgan fingerprint density at radius 2 is 1.85 bits per heavy atom. The summed E-state index contributed by atoms with van der Waals surface area (Å²) < 4.78 is 5.99. The van der Waals surface area contributed by atoms with Crippen molar-refractivity contribution < 1.29 is 24.9 Å². The van der Waals surface area contributed by atoms with E-state index in [1.165, 1.54) is 6.42 Å². The zero-order chi connectivity index (χ0) is 33.9. The Balaban J connectivity index is 1.28. The van der Waals surface area contributed by atoms with Crippen LogP contribution in [-0.2, 0) is 17.6 Å². The number of aliphatic imine (C=N–C) groups is 1. The molecule has 0 unspecified atom stereocenters. The van der Waals surface area contributed by atoms with E-state index in [1.54, 1.807) is 48.8 Å². The van der Waals surface area contributed by atoms with Crippen molar-refractivity contribution in [1.82, 2.24) is 5.32 Å². The van der Waals surface area contributed by atoms with Crippen LogP contribution < -0.4 is 20.9 Å². The molecule has 0 bridgehead atoms. The average molecular weight is 647 g/mol. The average Bonchev–Trinajstić information content (AvgIpc) is 3.64. The van der Waals surface area contributed by atoms with Crippen molar-refractivity contribution in [2.45, 2.75) is 70.4 Å². The molecule has 3 aromatic rings. The first-order valence-electron chi connectivity index (χ1n) is 16.7. The van der Waals surface area contributed by atoms with Crippen LogP contribution in [0.5, 0.6) is 17.2 Å². The number of ketones is 1. The topological polar surface area (TPSA) is 140 Å². The van der Waals surface area contributed by atoms with Crippen molar-refractivity contribution in [2.24, 2.45) is 10.7 Å². The van der Waals surface area contributed by atoms with Crippen LogP contribution in [0.25, 0.3) is 6.08 Å². The van der Waals surface area contributed by atoms with E-state index in [1.807, 2.05) is 48.7 Å². The molecule has 8 nitrogen and oxygen atoms in total. The molecule has 0 radical (unpaired) electrons. The van der Waals surface area contributed by atoms with Gasteiger partial charge >= 0.3 is 0 Å². The molecule has 0 fully saturated rings. The van der Waals surface area contributed by atoms with E-state index in [0.29, 0.717) is 36.1 Å². The van der Waals surface area contributed by atoms with Gasteiger partial charge in [-0.25, -0.2) is 0 Å². The van der Waals surface area contributed by atoms with Crippen LogP contribution in [0.4, 0.5) is 0 Å². The van der Waals surface area contributed by atoms with E-state index in [9.17, 15) is 20.1 Å². The predicted octanol–water partition coefficient (Wildman–Crippen LogP) is 6.62. The number of aryl methyl sites for hydroxylation is 1. The maximum Gasteiger partial charge on any atom is 0.161 e. The fourth-order valence-corrected chi connectivity index (χ4v) is 5.96. The molecule has 0 aromatic heterocycles. The maximum absolute atomic E-state index is 13.3. The summed E-state index contributed by atoms with van der Waals surface area (Å²) in [6, 6.07) is 16.5. The first-order valence-corrected chi connectivity index (χ1v) is 16.7. The number of hydrogen-bond acceptors (Lipinski definition) is 8. The molecule has 2 atom stereocenters. The number of hydrogen-bond donors (Lipinski definition) is 4. The normalized spacial score (nSPS) is 16.6. The van der Waals surface area contributed by atoms with Crippen molar-refractivity contribution >= 4 is 18.1 Å². The van der Waals surface area contributed by atoms with Gasteiger partial charge in [0.2, 0.25) is 0 Å². The van der Waals surface area contributed by atoms with E-state index in [2.05, 4.69) is 17.2 Å². The number of aromatic hydroxyl groups is 2. The van der Waals surface area contributed by atoms with Gasteiger partial charge in [-0.1, -0.05) is 62.2 Å². The van der Waals surface area contributed by atoms with Gasteiger partial charge in [0.25, 0.3) is 0 Å². The molecule has 0 saturated carbocycles. The summed E-state index contributed by atoms with van der Waals surface area (Å²) >= 11 is 0. The monoisotopic (exact) mass is 646 g/mol. The van der Waals surface area contributed by atoms with Crippen molar-refractivity contribution in [3.8, 4) is 17.2 Å². The first-order chi connectivity index (χ1) is 23.3. The number of nitrogens with two attached hydrogens (primary N) is 1. The number of unbranched alkanes of at least 4 members (excludes halogenated alkanes) is 3. The zero-order valence-electron chi connectivity index (χ0n) is 27.4. The fourth-order valence-electron chi connectivity index (χ4n) is 5.96. The van der Waals surface area contributed by atoms with Crippen LogP contribution in [-0.4, -0.2) is 28.8 Å². The second-order valence-electron chi connectivity index (χ2n) is 12.3. The van der Waals surface area contributed by atoms with Crippen LogP contribution in [0.15, 0.2) is 102 Å². The summed E-state index contributed by atoms with van der Waals surface area (Å²) in [6.07, 6.45) is 17.8. The second kappa shape index (κ2) is 16.7. The molecule has 2 heterocycles. The number of fused-ring (bicyclic) bond motifs is 1. The van der Waals surface area contributed by atoms with E-state index >= 15 is 0 Å². The van der Waals surface area contributed by atoms with E-state index < -0.39 is 5.92 Å². The lowest BCUT2D eigenvalue weighted by molar-refractivity contribution is -0.307. The van der Waals surface area contributed by atoms with Gasteiger partial charge in [-0.2, -0.15) is 0 Å². The van der Waals surface area contributed by atoms with Crippen LogP contribution in [0.3, 0.4) is 0 Å². The lowest BCUT2D eigenvalue weighted by Gasteiger charge is -2.27. The van der Waals surface area contributed by atoms with Gasteiger partial charge < -0.3 is 31.1 Å². The van der Waals surface area contributed by atoms with Crippen LogP contribution in [0.2, 0.25) is 0 Å². The number of ether oxygens (including phenoxy) is 1. The third-order valence-electron chi connectivity index (χ3n) is 8.73. The number of benzene rings is 3. The standard InChI is InChI=1S/C40H45N3O5/c1-2-3-4-5-6-7-32(44)12-8-27-10-15-37(46)39(23-27)48-21-18-28-9-14-36(45)35(22-28)34(25-38(47)31-16-19-42-26-31)29-11-13-33-30(24-29)17-20-43-40(33)41/h6-7,9-11,13-17,19-20,22-24,26,34,40,43,45-47H,2-5,8,12,18,21,25,41H2,1H3/p-1/b7-6+,38-31?/t34-,40-/m1/s1. The van der Waals surface area contributed by atoms with Crippen LogP contribution in [0.1, 0.15) is 90.9 Å². The summed E-state index contributed by atoms with van der Waals surface area (Å²) in [5, 5.41) is 37.9. The van der Waals surface area contributed by atoms with Crippen LogP contribution >= 0.6 is 0 Å². The third kappa shape index (κ3) is 9.04. The smallest absolute Gasteiger partial charge is 0.161 e. The number of carbonyl (C=O) groups excluding carboxylic acids is 1. The summed E-state index contributed by atoms with van der Waals surface area (Å²) in [6.45, 7) is 2.43. The zero-order valence-corrected chi connectivity index (χ0v) is 27.4. The van der Waals surface area contributed by atoms with Crippen molar-refractivity contribution in [3.05, 3.63) is 130 Å². The Morgan fingerprint density at radius 3 is 2.65 bits per heavy atom. The Labute approximate surface area is 282 Å². The van der Waals surface area contributed by atoms with Gasteiger partial charge in [0.15, 0.2) is 17.3 Å². The first kappa shape index (κ1) is 34.3. The molecule has 48 heavy (non-hydrogen) atoms. The summed E-state index contributed by atoms with van der Waals surface area (Å²) in [4.78, 5) is 16.3. The Hall–Kier alpha value is -5.08. The number of carbonyl (C=O) groups is 1. The molecule has 0 spiro atoms. The largest absolute Gasteiger partial charge is 0.875 e. The highest BCUT2D eigenvalue weighted by Crippen LogP contribution is 2.38. The number of nitrogens with zero attached hydrogens (tertiary/aromatic N) is 1. The molecule has 8 heteroatoms. The summed E-state index contributed by atoms with van der Waals surface area (Å²) in [7, 11) is 0. The minimum Gasteiger partial charge on any atom is -0.875 e. The van der Waals surface area contributed by atoms with Gasteiger partial charge in [-0.3, -0.25) is 9.79 Å². The van der Waals surface area contributed by atoms with Crippen molar-refractivity contribution in [1.29, 1.82) is 0 Å². The molecule has 0 aliphatic carbocycles. The van der Waals surface area contributed by atoms with Gasteiger partial charge in [0.05, 0.1) is 6.61 Å². The lowest BCUT2D eigenvalue weighted by Crippen LogP contribution is -2.27. The molecule has 0 amide bonds. The molecular weight excluding hydrogens is 602 g/mol. The summed E-state index contributed by atoms with van der Waals surface area (Å²) in [5.74, 6) is 0.0781. The predicted molar refractivity (Wildman–Crippen MR) is 189 cm³/mol. The van der Waals surface area contributed by atoms with Crippen molar-refractivity contribution in [2.75, 3.05) is 6.61 Å². The second-order valence-corrected chi connectivity index (χ2v) is 12.3. The Morgan fingerprint density at radius 1 is 1.04 bits per heavy atom. The molecule has 5 rings (SSSR count). The van der Waals surface area contributed by atoms with E-state index in [-0.39, 0.29) is 42.2 Å². The molecule has 250 valence electrons. The number of phenols is 2. The van der Waals surface area contributed by atoms with Gasteiger partial charge in [0, 0.05) is 36.7 Å². The highest BCUT2D eigenvalue weighted by molar-refractivity contribution is 5.89. The number of rotatable bonds is 16. The molecule has 0 saturated heterocycles. The quantitative estimate of drug-likeness (QED) is 0.0779. The molecular formula is C40H44N3O5-. The molecule has 2 aliphatic rings. The van der Waals surface area contributed by atoms with E-state index in [0.717, 1.165) is 47.1 Å². The number of phenolic OH excluding ortho intramolecular Hbond substituents is 2. The Kier molecular flexibility index (Phi) is 11.9.